The minimum atomic E-state index is -2.87. The minimum Gasteiger partial charge on any atom is -0.307 e. The van der Waals surface area contributed by atoms with Crippen LogP contribution in [0.4, 0.5) is 0 Å². The number of nitrogens with zero attached hydrogens (tertiary/aromatic N) is 4. The second-order valence-electron chi connectivity index (χ2n) is 7.00. The molecule has 142 valence electrons. The van der Waals surface area contributed by atoms with Crippen molar-refractivity contribution in [1.82, 2.24) is 19.2 Å². The topological polar surface area (TPSA) is 60.1 Å². The molecule has 1 aromatic heterocycles. The first-order valence-electron chi connectivity index (χ1n) is 8.97. The fourth-order valence-electron chi connectivity index (χ4n) is 3.39. The lowest BCUT2D eigenvalue weighted by Crippen LogP contribution is -2.26. The zero-order valence-electron chi connectivity index (χ0n) is 15.3. The number of aromatic nitrogens is 3. The number of sulfone groups is 1. The van der Waals surface area contributed by atoms with E-state index in [4.69, 9.17) is 12.2 Å². The highest BCUT2D eigenvalue weighted by molar-refractivity contribution is 7.91. The molecular formula is C18H26N4O2S2. The van der Waals surface area contributed by atoms with E-state index in [2.05, 4.69) is 29.1 Å². The van der Waals surface area contributed by atoms with Crippen LogP contribution < -0.4 is 0 Å². The van der Waals surface area contributed by atoms with Crippen LogP contribution in [0, 0.1) is 10.7 Å². The first-order valence-corrected chi connectivity index (χ1v) is 11.2. The third-order valence-corrected chi connectivity index (χ3v) is 7.28. The Hall–Kier alpha value is -1.51. The van der Waals surface area contributed by atoms with Gasteiger partial charge in [-0.2, -0.15) is 5.10 Å². The molecule has 8 heteroatoms. The van der Waals surface area contributed by atoms with Crippen LogP contribution in [0.3, 0.4) is 0 Å². The van der Waals surface area contributed by atoms with Gasteiger partial charge in [-0.25, -0.2) is 13.1 Å². The Morgan fingerprint density at radius 2 is 2.04 bits per heavy atom. The smallest absolute Gasteiger partial charge is 0.198 e. The highest BCUT2D eigenvalue weighted by atomic mass is 32.2. The van der Waals surface area contributed by atoms with Crippen LogP contribution in [0.1, 0.15) is 24.7 Å². The summed E-state index contributed by atoms with van der Waals surface area (Å²) in [6, 6.07) is 10.3. The Labute approximate surface area is 160 Å². The van der Waals surface area contributed by atoms with Gasteiger partial charge in [0.15, 0.2) is 14.6 Å². The lowest BCUT2D eigenvalue weighted by molar-refractivity contribution is 0.207. The molecule has 0 bridgehead atoms. The number of hydrogen-bond acceptors (Lipinski definition) is 5. The van der Waals surface area contributed by atoms with Crippen molar-refractivity contribution in [2.24, 2.45) is 13.0 Å². The summed E-state index contributed by atoms with van der Waals surface area (Å²) in [7, 11) is -0.953. The monoisotopic (exact) mass is 394 g/mol. The average Bonchev–Trinajstić information content (AvgIpc) is 3.09. The maximum Gasteiger partial charge on any atom is 0.198 e. The van der Waals surface area contributed by atoms with Crippen molar-refractivity contribution in [2.45, 2.75) is 33.0 Å². The second-order valence-corrected chi connectivity index (χ2v) is 9.60. The predicted octanol–water partition coefficient (Wildman–Crippen LogP) is 2.41. The zero-order valence-corrected chi connectivity index (χ0v) is 17.0. The molecular weight excluding hydrogens is 368 g/mol. The molecule has 3 rings (SSSR count). The van der Waals surface area contributed by atoms with E-state index in [1.165, 1.54) is 5.56 Å². The summed E-state index contributed by atoms with van der Waals surface area (Å²) in [5.74, 6) is 1.58. The van der Waals surface area contributed by atoms with Crippen LogP contribution in [0.5, 0.6) is 0 Å². The van der Waals surface area contributed by atoms with E-state index in [-0.39, 0.29) is 11.7 Å². The summed E-state index contributed by atoms with van der Waals surface area (Å²) in [6.07, 6.45) is 1.38. The molecule has 0 unspecified atom stereocenters. The predicted molar refractivity (Wildman–Crippen MR) is 105 cm³/mol. The van der Waals surface area contributed by atoms with Gasteiger partial charge in [0.2, 0.25) is 0 Å². The van der Waals surface area contributed by atoms with Crippen molar-refractivity contribution in [1.29, 1.82) is 0 Å². The first-order chi connectivity index (χ1) is 12.4. The third-order valence-electron chi connectivity index (χ3n) is 4.96. The number of hydrogen-bond donors (Lipinski definition) is 0. The van der Waals surface area contributed by atoms with Crippen LogP contribution in [0.2, 0.25) is 0 Å². The Balaban J connectivity index is 1.71. The molecule has 1 fully saturated rings. The number of rotatable bonds is 7. The molecule has 1 atom stereocenters. The van der Waals surface area contributed by atoms with Gasteiger partial charge in [-0.15, -0.1) is 0 Å². The highest BCUT2D eigenvalue weighted by Gasteiger charge is 2.29. The maximum atomic E-state index is 11.7. The molecule has 1 aromatic carbocycles. The van der Waals surface area contributed by atoms with Gasteiger partial charge in [0.1, 0.15) is 5.82 Å². The van der Waals surface area contributed by atoms with E-state index in [9.17, 15) is 8.42 Å². The van der Waals surface area contributed by atoms with Gasteiger partial charge in [0.25, 0.3) is 0 Å². The summed E-state index contributed by atoms with van der Waals surface area (Å²) in [4.78, 5) is 2.28. The summed E-state index contributed by atoms with van der Waals surface area (Å²) < 4.78 is 27.8. The van der Waals surface area contributed by atoms with E-state index >= 15 is 0 Å². The average molecular weight is 395 g/mol. The molecule has 6 nitrogen and oxygen atoms in total. The van der Waals surface area contributed by atoms with Crippen LogP contribution >= 0.6 is 12.2 Å². The molecule has 2 aromatic rings. The Morgan fingerprint density at radius 3 is 2.65 bits per heavy atom. The molecule has 0 N–H and O–H groups in total. The quantitative estimate of drug-likeness (QED) is 0.675. The van der Waals surface area contributed by atoms with Crippen LogP contribution in [-0.2, 0) is 36.5 Å². The minimum absolute atomic E-state index is 0.149. The van der Waals surface area contributed by atoms with Crippen molar-refractivity contribution in [3.63, 3.8) is 0 Å². The Bertz CT molecular complexity index is 903. The van der Waals surface area contributed by atoms with Crippen LogP contribution in [0.25, 0.3) is 0 Å². The van der Waals surface area contributed by atoms with E-state index in [1.54, 1.807) is 0 Å². The Kier molecular flexibility index (Phi) is 5.94. The largest absolute Gasteiger partial charge is 0.307 e. The summed E-state index contributed by atoms with van der Waals surface area (Å²) >= 11 is 5.55. The second kappa shape index (κ2) is 8.02. The van der Waals surface area contributed by atoms with Crippen molar-refractivity contribution >= 4 is 22.1 Å². The maximum absolute atomic E-state index is 11.7. The Morgan fingerprint density at radius 1 is 1.31 bits per heavy atom. The molecule has 0 aliphatic carbocycles. The fourth-order valence-corrected chi connectivity index (χ4v) is 5.45. The van der Waals surface area contributed by atoms with Crippen molar-refractivity contribution in [2.75, 3.05) is 18.1 Å². The van der Waals surface area contributed by atoms with Gasteiger partial charge in [-0.05, 0) is 36.7 Å². The van der Waals surface area contributed by atoms with E-state index in [0.717, 1.165) is 25.3 Å². The molecule has 0 saturated carbocycles. The standard InChI is InChI=1S/C18H26N4O2S2/c1-3-21(12-15-7-5-4-6-8-15)14-22-18(25)20(2)17(19-22)11-16-9-10-26(23,24)13-16/h4-8,16H,3,9-14H2,1-2H3/t16-/m0/s1. The summed E-state index contributed by atoms with van der Waals surface area (Å²) in [5.41, 5.74) is 1.26. The molecule has 1 aliphatic rings. The van der Waals surface area contributed by atoms with Crippen LogP contribution in [0.15, 0.2) is 30.3 Å². The molecule has 2 heterocycles. The van der Waals surface area contributed by atoms with Gasteiger partial charge in [-0.3, -0.25) is 4.90 Å². The van der Waals surface area contributed by atoms with Gasteiger partial charge >= 0.3 is 0 Å². The fraction of sp³-hybridized carbons (Fsp3) is 0.556. The van der Waals surface area contributed by atoms with Gasteiger partial charge in [0.05, 0.1) is 18.2 Å². The molecule has 1 aliphatic heterocycles. The SMILES string of the molecule is CCN(Cc1ccccc1)Cn1nc(C[C@@H]2CCS(=O)(=O)C2)n(C)c1=S. The highest BCUT2D eigenvalue weighted by Crippen LogP contribution is 2.22. The molecule has 1 saturated heterocycles. The lowest BCUT2D eigenvalue weighted by atomic mass is 10.1. The van der Waals surface area contributed by atoms with Crippen molar-refractivity contribution in [3.05, 3.63) is 46.5 Å². The molecule has 0 radical (unpaired) electrons. The van der Waals surface area contributed by atoms with E-state index in [1.807, 2.05) is 34.5 Å². The number of benzene rings is 1. The molecule has 26 heavy (non-hydrogen) atoms. The first kappa shape index (κ1) is 19.3. The van der Waals surface area contributed by atoms with Gasteiger partial charge in [0, 0.05) is 20.0 Å². The molecule has 0 amide bonds. The summed E-state index contributed by atoms with van der Waals surface area (Å²) in [5, 5.41) is 4.69. The van der Waals surface area contributed by atoms with Crippen LogP contribution in [-0.4, -0.2) is 45.7 Å². The van der Waals surface area contributed by atoms with Gasteiger partial charge < -0.3 is 4.57 Å². The van der Waals surface area contributed by atoms with E-state index < -0.39 is 9.84 Å². The van der Waals surface area contributed by atoms with Crippen molar-refractivity contribution < 1.29 is 8.42 Å². The molecule has 0 spiro atoms. The van der Waals surface area contributed by atoms with Gasteiger partial charge in [-0.1, -0.05) is 37.3 Å². The third kappa shape index (κ3) is 4.61. The zero-order chi connectivity index (χ0) is 18.7. The summed E-state index contributed by atoms with van der Waals surface area (Å²) in [6.45, 7) is 4.48. The van der Waals surface area contributed by atoms with Crippen molar-refractivity contribution in [3.8, 4) is 0 Å². The van der Waals surface area contributed by atoms with E-state index in [0.29, 0.717) is 23.6 Å². The normalized spacial score (nSPS) is 19.3. The lowest BCUT2D eigenvalue weighted by Gasteiger charge is -2.20.